The molecule has 1 atom stereocenters. The summed E-state index contributed by atoms with van der Waals surface area (Å²) in [5.74, 6) is -1.33. The van der Waals surface area contributed by atoms with Gasteiger partial charge in [0.1, 0.15) is 11.2 Å². The van der Waals surface area contributed by atoms with Gasteiger partial charge in [0.05, 0.1) is 35.2 Å². The van der Waals surface area contributed by atoms with Crippen molar-refractivity contribution < 1.29 is 53.0 Å². The van der Waals surface area contributed by atoms with Gasteiger partial charge in [-0.05, 0) is 101 Å². The molecule has 0 spiro atoms. The van der Waals surface area contributed by atoms with Crippen molar-refractivity contribution in [2.45, 2.75) is 118 Å². The zero-order valence-electron chi connectivity index (χ0n) is 42.6. The third-order valence-electron chi connectivity index (χ3n) is 12.6. The minimum atomic E-state index is -0.592. The van der Waals surface area contributed by atoms with Crippen LogP contribution in [0.4, 0.5) is 9.59 Å². The molecular formula is C55H64N8O11. The van der Waals surface area contributed by atoms with Crippen molar-refractivity contribution in [1.29, 1.82) is 0 Å². The Morgan fingerprint density at radius 1 is 0.595 bits per heavy atom. The molecule has 0 radical (unpaired) electrons. The maximum atomic E-state index is 13.2. The summed E-state index contributed by atoms with van der Waals surface area (Å²) in [5, 5.41) is 16.3. The normalized spacial score (nSPS) is 15.5. The lowest BCUT2D eigenvalue weighted by atomic mass is 10.1. The molecule has 2 aromatic heterocycles. The van der Waals surface area contributed by atoms with Crippen LogP contribution in [0, 0.1) is 0 Å². The van der Waals surface area contributed by atoms with Gasteiger partial charge >= 0.3 is 12.2 Å². The summed E-state index contributed by atoms with van der Waals surface area (Å²) in [6.07, 6.45) is 5.34. The molecule has 6 amide bonds. The molecule has 0 saturated carbocycles. The molecule has 1 fully saturated rings. The zero-order valence-corrected chi connectivity index (χ0v) is 42.6. The Bertz CT molecular complexity index is 3030. The third kappa shape index (κ3) is 12.9. The van der Waals surface area contributed by atoms with Crippen molar-refractivity contribution in [2.75, 3.05) is 19.7 Å². The van der Waals surface area contributed by atoms with Crippen LogP contribution < -0.4 is 21.6 Å². The molecule has 3 aliphatic rings. The van der Waals surface area contributed by atoms with Crippen LogP contribution in [0.2, 0.25) is 0 Å². The van der Waals surface area contributed by atoms with Crippen molar-refractivity contribution in [3.05, 3.63) is 142 Å². The molecule has 5 N–H and O–H groups in total. The lowest BCUT2D eigenvalue weighted by Gasteiger charge is -2.26. The van der Waals surface area contributed by atoms with Gasteiger partial charge in [-0.1, -0.05) is 60.7 Å². The van der Waals surface area contributed by atoms with Crippen molar-refractivity contribution >= 4 is 57.6 Å². The van der Waals surface area contributed by atoms with E-state index in [1.54, 1.807) is 63.8 Å². The Balaban J connectivity index is 0.000000200. The summed E-state index contributed by atoms with van der Waals surface area (Å²) in [7, 11) is 0. The fraction of sp³-hybridized carbons (Fsp3) is 0.382. The van der Waals surface area contributed by atoms with E-state index in [2.05, 4.69) is 16.1 Å². The molecular weight excluding hydrogens is 949 g/mol. The van der Waals surface area contributed by atoms with E-state index in [-0.39, 0.29) is 29.9 Å². The topological polar surface area (TPSA) is 224 Å². The number of hydroxylamine groups is 2. The molecule has 3 aliphatic heterocycles. The van der Waals surface area contributed by atoms with E-state index >= 15 is 0 Å². The zero-order chi connectivity index (χ0) is 52.7. The predicted molar refractivity (Wildman–Crippen MR) is 274 cm³/mol. The average Bonchev–Trinajstić information content (AvgIpc) is 3.81. The van der Waals surface area contributed by atoms with Crippen LogP contribution >= 0.6 is 0 Å². The molecule has 5 heterocycles. The fourth-order valence-electron chi connectivity index (χ4n) is 8.99. The summed E-state index contributed by atoms with van der Waals surface area (Å²) in [4.78, 5) is 84.1. The van der Waals surface area contributed by atoms with Crippen LogP contribution in [-0.2, 0) is 58.3 Å². The third-order valence-corrected chi connectivity index (χ3v) is 12.6. The number of nitrogens with one attached hydrogen (secondary N) is 4. The van der Waals surface area contributed by atoms with Crippen LogP contribution in [-0.4, -0.2) is 97.1 Å². The van der Waals surface area contributed by atoms with Crippen LogP contribution in [0.1, 0.15) is 124 Å². The standard InChI is InChI=1S/C30H36N4O6.C25H28N4O5/c1-30(2,3)39-29(37)34-15-14-33-19-24(23-8-6-7-22(18-34)26(23)33)28(36)31-17-20-10-12-21(13-11-20)27(35)32-40-25-9-4-5-16-38-25;1-25(2,3)34-24(32)29-12-11-28-15-20(19-6-4-5-18(14-29)21(19)28)23(31)26-13-16-7-9-17(10-8-16)22(30)27-33/h6-8,10-13,19,25H,4-5,9,14-18H2,1-3H3,(H,31,36)(H,32,35);4-10,15,33H,11-14H2,1-3H3,(H,26,31)(H,27,30). The molecule has 1 unspecified atom stereocenters. The first-order valence-corrected chi connectivity index (χ1v) is 24.8. The predicted octanol–water partition coefficient (Wildman–Crippen LogP) is 7.95. The van der Waals surface area contributed by atoms with E-state index in [4.69, 9.17) is 24.3 Å². The highest BCUT2D eigenvalue weighted by Crippen LogP contribution is 2.31. The number of hydrogen-bond donors (Lipinski definition) is 5. The van der Waals surface area contributed by atoms with Gasteiger partial charge in [-0.15, -0.1) is 0 Å². The van der Waals surface area contributed by atoms with Gasteiger partial charge in [0.15, 0.2) is 6.29 Å². The maximum absolute atomic E-state index is 13.2. The van der Waals surface area contributed by atoms with Crippen molar-refractivity contribution in [2.24, 2.45) is 0 Å². The molecule has 74 heavy (non-hydrogen) atoms. The summed E-state index contributed by atoms with van der Waals surface area (Å²) in [6, 6.07) is 25.2. The lowest BCUT2D eigenvalue weighted by molar-refractivity contribution is -0.186. The summed E-state index contributed by atoms with van der Waals surface area (Å²) in [6.45, 7) is 15.2. The monoisotopic (exact) mass is 1010 g/mol. The summed E-state index contributed by atoms with van der Waals surface area (Å²) < 4.78 is 20.6. The second-order valence-corrected chi connectivity index (χ2v) is 20.4. The first-order valence-electron chi connectivity index (χ1n) is 24.8. The van der Waals surface area contributed by atoms with Gasteiger partial charge < -0.3 is 43.8 Å². The number of ether oxygens (including phenoxy) is 3. The van der Waals surface area contributed by atoms with Crippen LogP contribution in [0.3, 0.4) is 0 Å². The van der Waals surface area contributed by atoms with Crippen LogP contribution in [0.15, 0.2) is 97.3 Å². The van der Waals surface area contributed by atoms with Gasteiger partial charge in [0.2, 0.25) is 0 Å². The van der Waals surface area contributed by atoms with Crippen molar-refractivity contribution in [1.82, 2.24) is 40.5 Å². The van der Waals surface area contributed by atoms with E-state index < -0.39 is 23.4 Å². The Kier molecular flexibility index (Phi) is 16.0. The SMILES string of the molecule is CC(C)(C)OC(=O)N1CCn2cc(C(=O)NCc3ccc(C(=O)NO)cc3)c3cccc(c32)C1.CC(C)(C)OC(=O)N1CCn2cc(C(=O)NCc3ccc(C(=O)NOC4CCCCO4)cc3)c3cccc(c32)C1. The van der Waals surface area contributed by atoms with Gasteiger partial charge in [-0.2, -0.15) is 0 Å². The second-order valence-electron chi connectivity index (χ2n) is 20.4. The van der Waals surface area contributed by atoms with Gasteiger partial charge in [-0.25, -0.2) is 25.4 Å². The molecule has 0 bridgehead atoms. The highest BCUT2D eigenvalue weighted by atomic mass is 16.8. The van der Waals surface area contributed by atoms with Crippen molar-refractivity contribution in [3.63, 3.8) is 0 Å². The average molecular weight is 1010 g/mol. The second kappa shape index (κ2) is 22.6. The first-order chi connectivity index (χ1) is 35.3. The highest BCUT2D eigenvalue weighted by molar-refractivity contribution is 6.08. The number of para-hydroxylation sites is 2. The Labute approximate surface area is 428 Å². The van der Waals surface area contributed by atoms with E-state index in [1.807, 2.05) is 99.5 Å². The summed E-state index contributed by atoms with van der Waals surface area (Å²) >= 11 is 0. The number of carbonyl (C=O) groups excluding carboxylic acids is 6. The molecule has 9 rings (SSSR count). The smallest absolute Gasteiger partial charge is 0.410 e. The molecule has 19 nitrogen and oxygen atoms in total. The van der Waals surface area contributed by atoms with E-state index in [1.165, 1.54) is 0 Å². The number of carbonyl (C=O) groups is 6. The summed E-state index contributed by atoms with van der Waals surface area (Å²) in [5.41, 5.74) is 10.3. The van der Waals surface area contributed by atoms with Crippen LogP contribution in [0.25, 0.3) is 21.8 Å². The lowest BCUT2D eigenvalue weighted by Crippen LogP contribution is -2.37. The molecule has 0 aliphatic carbocycles. The number of amides is 6. The van der Waals surface area contributed by atoms with Crippen LogP contribution in [0.5, 0.6) is 0 Å². The maximum Gasteiger partial charge on any atom is 0.410 e. The largest absolute Gasteiger partial charge is 0.444 e. The number of rotatable bonds is 10. The number of aromatic nitrogens is 2. The fourth-order valence-corrected chi connectivity index (χ4v) is 8.99. The molecule has 390 valence electrons. The number of nitrogens with zero attached hydrogens (tertiary/aromatic N) is 4. The number of benzene rings is 4. The van der Waals surface area contributed by atoms with E-state index in [0.29, 0.717) is 81.2 Å². The highest BCUT2D eigenvalue weighted by Gasteiger charge is 2.29. The molecule has 6 aromatic rings. The van der Waals surface area contributed by atoms with Crippen molar-refractivity contribution in [3.8, 4) is 0 Å². The Hall–Kier alpha value is -7.74. The van der Waals surface area contributed by atoms with Gasteiger partial charge in [0, 0.05) is 86.6 Å². The quantitative estimate of drug-likeness (QED) is 0.0654. The molecule has 4 aromatic carbocycles. The van der Waals surface area contributed by atoms with Gasteiger partial charge in [-0.3, -0.25) is 24.4 Å². The molecule has 1 saturated heterocycles. The minimum absolute atomic E-state index is 0.187. The Morgan fingerprint density at radius 3 is 1.47 bits per heavy atom. The van der Waals surface area contributed by atoms with E-state index in [0.717, 1.165) is 63.3 Å². The first kappa shape index (κ1) is 52.6. The van der Waals surface area contributed by atoms with Gasteiger partial charge in [0.25, 0.3) is 23.6 Å². The Morgan fingerprint density at radius 2 is 1.05 bits per heavy atom. The molecule has 19 heteroatoms. The number of hydrogen-bond acceptors (Lipinski definition) is 11. The van der Waals surface area contributed by atoms with E-state index in [9.17, 15) is 28.8 Å². The minimum Gasteiger partial charge on any atom is -0.444 e.